The SMILES string of the molecule is CC(C)(C)C(=O)C(C)(O)CO. The molecule has 0 rings (SSSR count). The molecule has 1 unspecified atom stereocenters. The van der Waals surface area contributed by atoms with Crippen LogP contribution in [0, 0.1) is 5.41 Å². The van der Waals surface area contributed by atoms with E-state index in [0.717, 1.165) is 0 Å². The molecule has 0 amide bonds. The Morgan fingerprint density at radius 1 is 1.27 bits per heavy atom. The number of Topliss-reactive ketones (excluding diaryl/α,β-unsaturated/α-hetero) is 1. The van der Waals surface area contributed by atoms with Gasteiger partial charge in [-0.25, -0.2) is 0 Å². The average molecular weight is 160 g/mol. The molecule has 66 valence electrons. The third kappa shape index (κ3) is 2.60. The molecule has 0 bridgehead atoms. The molecule has 0 saturated heterocycles. The second kappa shape index (κ2) is 2.91. The molecule has 0 aromatic rings. The van der Waals surface area contributed by atoms with E-state index in [1.807, 2.05) is 0 Å². The Kier molecular flexibility index (Phi) is 2.80. The molecular formula is C8H16O3. The van der Waals surface area contributed by atoms with Crippen molar-refractivity contribution in [1.29, 1.82) is 0 Å². The van der Waals surface area contributed by atoms with Gasteiger partial charge in [-0.2, -0.15) is 0 Å². The van der Waals surface area contributed by atoms with Crippen LogP contribution in [0.25, 0.3) is 0 Å². The molecule has 0 aliphatic heterocycles. The molecule has 1 atom stereocenters. The Balaban J connectivity index is 4.50. The summed E-state index contributed by atoms with van der Waals surface area (Å²) in [5, 5.41) is 18.0. The Morgan fingerprint density at radius 3 is 1.73 bits per heavy atom. The van der Waals surface area contributed by atoms with Crippen LogP contribution < -0.4 is 0 Å². The van der Waals surface area contributed by atoms with Crippen LogP contribution in [0.3, 0.4) is 0 Å². The molecule has 0 aliphatic carbocycles. The number of rotatable bonds is 2. The van der Waals surface area contributed by atoms with E-state index in [1.54, 1.807) is 20.8 Å². The van der Waals surface area contributed by atoms with Crippen molar-refractivity contribution in [1.82, 2.24) is 0 Å². The van der Waals surface area contributed by atoms with Crippen molar-refractivity contribution in [3.05, 3.63) is 0 Å². The van der Waals surface area contributed by atoms with Crippen molar-refractivity contribution in [2.45, 2.75) is 33.3 Å². The Labute approximate surface area is 67.0 Å². The maximum Gasteiger partial charge on any atom is 0.171 e. The fourth-order valence-corrected chi connectivity index (χ4v) is 0.880. The van der Waals surface area contributed by atoms with Crippen LogP contribution in [0.1, 0.15) is 27.7 Å². The van der Waals surface area contributed by atoms with Gasteiger partial charge in [0.15, 0.2) is 5.78 Å². The van der Waals surface area contributed by atoms with Gasteiger partial charge in [-0.1, -0.05) is 20.8 Å². The first-order valence-corrected chi connectivity index (χ1v) is 3.60. The van der Waals surface area contributed by atoms with Crippen LogP contribution in [-0.4, -0.2) is 28.2 Å². The molecule has 2 N–H and O–H groups in total. The van der Waals surface area contributed by atoms with Crippen LogP contribution in [-0.2, 0) is 4.79 Å². The molecule has 0 aliphatic rings. The largest absolute Gasteiger partial charge is 0.393 e. The summed E-state index contributed by atoms with van der Waals surface area (Å²) < 4.78 is 0. The number of hydrogen-bond acceptors (Lipinski definition) is 3. The number of carbonyl (C=O) groups is 1. The van der Waals surface area contributed by atoms with Crippen molar-refractivity contribution in [3.8, 4) is 0 Å². The first kappa shape index (κ1) is 10.6. The van der Waals surface area contributed by atoms with E-state index in [1.165, 1.54) is 6.92 Å². The third-order valence-electron chi connectivity index (χ3n) is 1.48. The zero-order valence-corrected chi connectivity index (χ0v) is 7.51. The summed E-state index contributed by atoms with van der Waals surface area (Å²) in [6.07, 6.45) is 0. The average Bonchev–Trinajstić information content (AvgIpc) is 1.84. The molecule has 0 spiro atoms. The van der Waals surface area contributed by atoms with E-state index in [9.17, 15) is 9.90 Å². The van der Waals surface area contributed by atoms with Crippen molar-refractivity contribution in [3.63, 3.8) is 0 Å². The molecule has 11 heavy (non-hydrogen) atoms. The van der Waals surface area contributed by atoms with Gasteiger partial charge in [0, 0.05) is 5.41 Å². The van der Waals surface area contributed by atoms with Crippen LogP contribution in [0.15, 0.2) is 0 Å². The van der Waals surface area contributed by atoms with Crippen LogP contribution in [0.2, 0.25) is 0 Å². The van der Waals surface area contributed by atoms with E-state index in [4.69, 9.17) is 5.11 Å². The zero-order chi connectivity index (χ0) is 9.28. The van der Waals surface area contributed by atoms with E-state index in [-0.39, 0.29) is 5.78 Å². The number of aliphatic hydroxyl groups excluding tert-OH is 1. The van der Waals surface area contributed by atoms with Crippen LogP contribution >= 0.6 is 0 Å². The molecular weight excluding hydrogens is 144 g/mol. The lowest BCUT2D eigenvalue weighted by Crippen LogP contribution is -2.45. The van der Waals surface area contributed by atoms with Gasteiger partial charge in [0.2, 0.25) is 0 Å². The highest BCUT2D eigenvalue weighted by Gasteiger charge is 2.37. The predicted octanol–water partition coefficient (Wildman–Crippen LogP) is 0.345. The molecule has 0 fully saturated rings. The lowest BCUT2D eigenvalue weighted by Gasteiger charge is -2.27. The van der Waals surface area contributed by atoms with E-state index in [2.05, 4.69) is 0 Å². The normalized spacial score (nSPS) is 17.6. The second-order valence-corrected chi connectivity index (χ2v) is 4.01. The van der Waals surface area contributed by atoms with Crippen molar-refractivity contribution < 1.29 is 15.0 Å². The first-order valence-electron chi connectivity index (χ1n) is 3.60. The Morgan fingerprint density at radius 2 is 1.64 bits per heavy atom. The lowest BCUT2D eigenvalue weighted by molar-refractivity contribution is -0.147. The molecule has 3 heteroatoms. The second-order valence-electron chi connectivity index (χ2n) is 4.01. The highest BCUT2D eigenvalue weighted by molar-refractivity contribution is 5.91. The number of ketones is 1. The first-order chi connectivity index (χ1) is 4.72. The minimum atomic E-state index is -1.60. The number of carbonyl (C=O) groups excluding carboxylic acids is 1. The predicted molar refractivity (Wildman–Crippen MR) is 42.2 cm³/mol. The fourth-order valence-electron chi connectivity index (χ4n) is 0.880. The van der Waals surface area contributed by atoms with Crippen LogP contribution in [0.4, 0.5) is 0 Å². The Bertz CT molecular complexity index is 153. The highest BCUT2D eigenvalue weighted by atomic mass is 16.3. The summed E-state index contributed by atoms with van der Waals surface area (Å²) in [5.41, 5.74) is -2.20. The summed E-state index contributed by atoms with van der Waals surface area (Å²) >= 11 is 0. The molecule has 0 heterocycles. The molecule has 3 nitrogen and oxygen atoms in total. The summed E-state index contributed by atoms with van der Waals surface area (Å²) in [6.45, 7) is 5.92. The molecule has 0 radical (unpaired) electrons. The molecule has 0 saturated carbocycles. The topological polar surface area (TPSA) is 57.5 Å². The van der Waals surface area contributed by atoms with Crippen molar-refractivity contribution >= 4 is 5.78 Å². The summed E-state index contributed by atoms with van der Waals surface area (Å²) in [4.78, 5) is 11.3. The fraction of sp³-hybridized carbons (Fsp3) is 0.875. The zero-order valence-electron chi connectivity index (χ0n) is 7.51. The van der Waals surface area contributed by atoms with Gasteiger partial charge in [-0.3, -0.25) is 4.79 Å². The standard InChI is InChI=1S/C8H16O3/c1-7(2,3)6(10)8(4,11)5-9/h9,11H,5H2,1-4H3. The van der Waals surface area contributed by atoms with Gasteiger partial charge in [0.25, 0.3) is 0 Å². The summed E-state index contributed by atoms with van der Waals surface area (Å²) in [5.74, 6) is -0.340. The Hall–Kier alpha value is -0.410. The van der Waals surface area contributed by atoms with Gasteiger partial charge >= 0.3 is 0 Å². The molecule has 0 aromatic carbocycles. The van der Waals surface area contributed by atoms with E-state index >= 15 is 0 Å². The lowest BCUT2D eigenvalue weighted by atomic mass is 9.81. The number of aliphatic hydroxyl groups is 2. The van der Waals surface area contributed by atoms with Gasteiger partial charge in [-0.15, -0.1) is 0 Å². The summed E-state index contributed by atoms with van der Waals surface area (Å²) in [7, 11) is 0. The monoisotopic (exact) mass is 160 g/mol. The third-order valence-corrected chi connectivity index (χ3v) is 1.48. The maximum atomic E-state index is 11.3. The van der Waals surface area contributed by atoms with Gasteiger partial charge < -0.3 is 10.2 Å². The van der Waals surface area contributed by atoms with Crippen LogP contribution in [0.5, 0.6) is 0 Å². The summed E-state index contributed by atoms with van der Waals surface area (Å²) in [6, 6.07) is 0. The number of hydrogen-bond donors (Lipinski definition) is 2. The van der Waals surface area contributed by atoms with Crippen molar-refractivity contribution in [2.75, 3.05) is 6.61 Å². The maximum absolute atomic E-state index is 11.3. The van der Waals surface area contributed by atoms with Gasteiger partial charge in [0.1, 0.15) is 5.60 Å². The molecule has 0 aromatic heterocycles. The minimum Gasteiger partial charge on any atom is -0.393 e. The van der Waals surface area contributed by atoms with Gasteiger partial charge in [0.05, 0.1) is 6.61 Å². The smallest absolute Gasteiger partial charge is 0.171 e. The quantitative estimate of drug-likeness (QED) is 0.612. The minimum absolute atomic E-state index is 0.340. The van der Waals surface area contributed by atoms with Crippen molar-refractivity contribution in [2.24, 2.45) is 5.41 Å². The van der Waals surface area contributed by atoms with Gasteiger partial charge in [-0.05, 0) is 6.92 Å². The van der Waals surface area contributed by atoms with E-state index in [0.29, 0.717) is 0 Å². The van der Waals surface area contributed by atoms with E-state index < -0.39 is 17.6 Å². The highest BCUT2D eigenvalue weighted by Crippen LogP contribution is 2.22.